The maximum atomic E-state index is 12.1. The van der Waals surface area contributed by atoms with Crippen LogP contribution in [0.1, 0.15) is 46.0 Å². The summed E-state index contributed by atoms with van der Waals surface area (Å²) in [5.74, 6) is -1.02. The minimum Gasteiger partial charge on any atom is -0.479 e. The average molecular weight is 242 g/mol. The van der Waals surface area contributed by atoms with E-state index in [4.69, 9.17) is 5.73 Å². The van der Waals surface area contributed by atoms with Crippen molar-refractivity contribution in [2.24, 2.45) is 5.73 Å². The van der Waals surface area contributed by atoms with E-state index < -0.39 is 11.5 Å². The number of carbonyl (C=O) groups excluding carboxylic acids is 1. The van der Waals surface area contributed by atoms with Gasteiger partial charge < -0.3 is 15.7 Å². The van der Waals surface area contributed by atoms with Crippen LogP contribution in [0.5, 0.6) is 0 Å². The highest BCUT2D eigenvalue weighted by Gasteiger charge is 2.48. The van der Waals surface area contributed by atoms with Crippen molar-refractivity contribution in [2.75, 3.05) is 6.54 Å². The molecular formula is C12H22N2O3. The number of hydrogen-bond acceptors (Lipinski definition) is 3. The summed E-state index contributed by atoms with van der Waals surface area (Å²) in [6, 6.07) is -0.175. The number of aliphatic carboxylic acids is 1. The van der Waals surface area contributed by atoms with E-state index in [0.717, 1.165) is 12.8 Å². The third-order valence-electron chi connectivity index (χ3n) is 3.73. The minimum atomic E-state index is -0.995. The summed E-state index contributed by atoms with van der Waals surface area (Å²) in [7, 11) is 0. The molecule has 0 spiro atoms. The smallest absolute Gasteiger partial charge is 0.329 e. The number of amides is 1. The number of likely N-dealkylation sites (tertiary alicyclic amines) is 1. The molecular weight excluding hydrogens is 220 g/mol. The van der Waals surface area contributed by atoms with Crippen LogP contribution in [0.2, 0.25) is 0 Å². The van der Waals surface area contributed by atoms with E-state index in [2.05, 4.69) is 0 Å². The lowest BCUT2D eigenvalue weighted by molar-refractivity contribution is -0.157. The van der Waals surface area contributed by atoms with E-state index in [-0.39, 0.29) is 18.4 Å². The van der Waals surface area contributed by atoms with E-state index in [1.165, 1.54) is 4.90 Å². The first-order chi connectivity index (χ1) is 7.97. The molecule has 1 aliphatic rings. The number of carboxylic acid groups (broad SMARTS) is 1. The number of rotatable bonds is 5. The Balaban J connectivity index is 2.81. The molecule has 17 heavy (non-hydrogen) atoms. The largest absolute Gasteiger partial charge is 0.479 e. The van der Waals surface area contributed by atoms with E-state index in [0.29, 0.717) is 19.4 Å². The van der Waals surface area contributed by atoms with E-state index in [1.54, 1.807) is 0 Å². The topological polar surface area (TPSA) is 83.6 Å². The number of carbonyl (C=O) groups is 2. The van der Waals surface area contributed by atoms with Crippen molar-refractivity contribution in [1.82, 2.24) is 4.90 Å². The lowest BCUT2D eigenvalue weighted by Crippen LogP contribution is -2.53. The molecule has 3 N–H and O–H groups in total. The molecule has 0 saturated carbocycles. The summed E-state index contributed by atoms with van der Waals surface area (Å²) in [4.78, 5) is 25.0. The molecule has 1 amide bonds. The molecule has 0 aromatic carbocycles. The SMILES string of the molecule is CCC(N)CC(=O)N1CCCC1(CC)C(=O)O. The molecule has 1 fully saturated rings. The van der Waals surface area contributed by atoms with Gasteiger partial charge in [-0.2, -0.15) is 0 Å². The van der Waals surface area contributed by atoms with Crippen LogP contribution in [0, 0.1) is 0 Å². The highest BCUT2D eigenvalue weighted by atomic mass is 16.4. The lowest BCUT2D eigenvalue weighted by atomic mass is 9.92. The highest BCUT2D eigenvalue weighted by molar-refractivity contribution is 5.88. The van der Waals surface area contributed by atoms with Crippen LogP contribution in [0.4, 0.5) is 0 Å². The Morgan fingerprint density at radius 3 is 2.59 bits per heavy atom. The molecule has 0 aromatic heterocycles. The van der Waals surface area contributed by atoms with Crippen LogP contribution in [0.3, 0.4) is 0 Å². The highest BCUT2D eigenvalue weighted by Crippen LogP contribution is 2.33. The number of nitrogens with zero attached hydrogens (tertiary/aromatic N) is 1. The number of nitrogens with two attached hydrogens (primary N) is 1. The Morgan fingerprint density at radius 1 is 1.47 bits per heavy atom. The summed E-state index contributed by atoms with van der Waals surface area (Å²) in [6.07, 6.45) is 2.73. The molecule has 0 aromatic rings. The molecule has 1 rings (SSSR count). The van der Waals surface area contributed by atoms with Gasteiger partial charge in [0.05, 0.1) is 0 Å². The van der Waals surface area contributed by atoms with Crippen molar-refractivity contribution in [2.45, 2.75) is 57.5 Å². The van der Waals surface area contributed by atoms with Crippen LogP contribution in [-0.2, 0) is 9.59 Å². The Kier molecular flexibility index (Phi) is 4.51. The molecule has 2 atom stereocenters. The van der Waals surface area contributed by atoms with Gasteiger partial charge in [0.25, 0.3) is 0 Å². The van der Waals surface area contributed by atoms with Crippen molar-refractivity contribution in [3.63, 3.8) is 0 Å². The fourth-order valence-corrected chi connectivity index (χ4v) is 2.46. The zero-order valence-corrected chi connectivity index (χ0v) is 10.6. The van der Waals surface area contributed by atoms with Gasteiger partial charge in [0.15, 0.2) is 0 Å². The maximum absolute atomic E-state index is 12.1. The zero-order chi connectivity index (χ0) is 13.1. The summed E-state index contributed by atoms with van der Waals surface area (Å²) in [6.45, 7) is 4.28. The first-order valence-corrected chi connectivity index (χ1v) is 6.27. The molecule has 5 heteroatoms. The van der Waals surface area contributed by atoms with Crippen molar-refractivity contribution in [1.29, 1.82) is 0 Å². The van der Waals surface area contributed by atoms with Gasteiger partial charge in [0.1, 0.15) is 5.54 Å². The molecule has 0 radical (unpaired) electrons. The third-order valence-corrected chi connectivity index (χ3v) is 3.73. The molecule has 0 aliphatic carbocycles. The Hall–Kier alpha value is -1.10. The molecule has 1 saturated heterocycles. The van der Waals surface area contributed by atoms with Gasteiger partial charge in [-0.15, -0.1) is 0 Å². The fraction of sp³-hybridized carbons (Fsp3) is 0.833. The van der Waals surface area contributed by atoms with Gasteiger partial charge in [0.2, 0.25) is 5.91 Å². The van der Waals surface area contributed by atoms with Gasteiger partial charge in [-0.3, -0.25) is 4.79 Å². The summed E-state index contributed by atoms with van der Waals surface area (Å²) in [5.41, 5.74) is 4.76. The Morgan fingerprint density at radius 2 is 2.12 bits per heavy atom. The fourth-order valence-electron chi connectivity index (χ4n) is 2.46. The minimum absolute atomic E-state index is 0.124. The molecule has 5 nitrogen and oxygen atoms in total. The summed E-state index contributed by atoms with van der Waals surface area (Å²) in [5, 5.41) is 9.35. The van der Waals surface area contributed by atoms with Crippen LogP contribution in [0.25, 0.3) is 0 Å². The molecule has 1 heterocycles. The van der Waals surface area contributed by atoms with Crippen molar-refractivity contribution < 1.29 is 14.7 Å². The van der Waals surface area contributed by atoms with Crippen molar-refractivity contribution in [3.8, 4) is 0 Å². The van der Waals surface area contributed by atoms with Crippen molar-refractivity contribution in [3.05, 3.63) is 0 Å². The monoisotopic (exact) mass is 242 g/mol. The van der Waals surface area contributed by atoms with E-state index in [1.807, 2.05) is 13.8 Å². The predicted octanol–water partition coefficient (Wildman–Crippen LogP) is 0.970. The second-order valence-corrected chi connectivity index (χ2v) is 4.71. The van der Waals surface area contributed by atoms with E-state index in [9.17, 15) is 14.7 Å². The third kappa shape index (κ3) is 2.60. The van der Waals surface area contributed by atoms with Gasteiger partial charge in [-0.1, -0.05) is 13.8 Å². The first-order valence-electron chi connectivity index (χ1n) is 6.27. The first kappa shape index (κ1) is 14.0. The van der Waals surface area contributed by atoms with Gasteiger partial charge >= 0.3 is 5.97 Å². The second-order valence-electron chi connectivity index (χ2n) is 4.71. The zero-order valence-electron chi connectivity index (χ0n) is 10.6. The molecule has 2 unspecified atom stereocenters. The van der Waals surface area contributed by atoms with E-state index >= 15 is 0 Å². The standard InChI is InChI=1S/C12H22N2O3/c1-3-9(13)8-10(15)14-7-5-6-12(14,4-2)11(16)17/h9H,3-8,13H2,1-2H3,(H,16,17). The van der Waals surface area contributed by atoms with Gasteiger partial charge in [0, 0.05) is 19.0 Å². The number of carboxylic acids is 1. The van der Waals surface area contributed by atoms with Crippen LogP contribution >= 0.6 is 0 Å². The second kappa shape index (κ2) is 5.49. The predicted molar refractivity (Wildman–Crippen MR) is 64.5 cm³/mol. The van der Waals surface area contributed by atoms with Gasteiger partial charge in [-0.05, 0) is 25.7 Å². The summed E-state index contributed by atoms with van der Waals surface area (Å²) < 4.78 is 0. The maximum Gasteiger partial charge on any atom is 0.329 e. The van der Waals surface area contributed by atoms with Crippen LogP contribution < -0.4 is 5.73 Å². The van der Waals surface area contributed by atoms with Gasteiger partial charge in [-0.25, -0.2) is 4.79 Å². The van der Waals surface area contributed by atoms with Crippen LogP contribution in [-0.4, -0.2) is 40.0 Å². The average Bonchev–Trinajstić information content (AvgIpc) is 2.73. The normalized spacial score (nSPS) is 25.9. The quantitative estimate of drug-likeness (QED) is 0.752. The molecule has 1 aliphatic heterocycles. The molecule has 98 valence electrons. The molecule has 0 bridgehead atoms. The lowest BCUT2D eigenvalue weighted by Gasteiger charge is -2.34. The number of hydrogen-bond donors (Lipinski definition) is 2. The summed E-state index contributed by atoms with van der Waals surface area (Å²) >= 11 is 0. The Labute approximate surface area is 102 Å². The van der Waals surface area contributed by atoms with Crippen LogP contribution in [0.15, 0.2) is 0 Å². The van der Waals surface area contributed by atoms with Crippen molar-refractivity contribution >= 4 is 11.9 Å². The Bertz CT molecular complexity index is 306.